The number of nitrogens with zero attached hydrogens (tertiary/aromatic N) is 3. The van der Waals surface area contributed by atoms with E-state index in [0.29, 0.717) is 48.2 Å². The maximum absolute atomic E-state index is 15.3. The van der Waals surface area contributed by atoms with Crippen LogP contribution in [-0.2, 0) is 4.74 Å². The minimum atomic E-state index is -0.593. The van der Waals surface area contributed by atoms with E-state index in [0.717, 1.165) is 12.6 Å². The van der Waals surface area contributed by atoms with Crippen molar-refractivity contribution in [3.8, 4) is 16.9 Å². The summed E-state index contributed by atoms with van der Waals surface area (Å²) < 4.78 is 56.6. The van der Waals surface area contributed by atoms with Gasteiger partial charge in [-0.3, -0.25) is 0 Å². The minimum absolute atomic E-state index is 0.0872. The van der Waals surface area contributed by atoms with Gasteiger partial charge in [-0.1, -0.05) is 0 Å². The molecule has 1 aromatic heterocycles. The first kappa shape index (κ1) is 26.2. The molecule has 0 saturated carbocycles. The Balaban J connectivity index is 1.44. The minimum Gasteiger partial charge on any atom is -0.481 e. The zero-order chi connectivity index (χ0) is 27.2. The molecular formula is C29H33F3N4O2. The molecule has 1 atom stereocenters. The van der Waals surface area contributed by atoms with Gasteiger partial charge < -0.3 is 24.6 Å². The predicted molar refractivity (Wildman–Crippen MR) is 144 cm³/mol. The van der Waals surface area contributed by atoms with Gasteiger partial charge in [0.05, 0.1) is 36.8 Å². The highest BCUT2D eigenvalue weighted by molar-refractivity contribution is 5.76. The first-order valence-electron chi connectivity index (χ1n) is 12.8. The highest BCUT2D eigenvalue weighted by Crippen LogP contribution is 2.43. The van der Waals surface area contributed by atoms with E-state index in [-0.39, 0.29) is 29.2 Å². The number of fused-ring (bicyclic) bond motifs is 1. The van der Waals surface area contributed by atoms with E-state index in [2.05, 4.69) is 15.2 Å². The predicted octanol–water partition coefficient (Wildman–Crippen LogP) is 6.52. The average Bonchev–Trinajstić information content (AvgIpc) is 3.40. The normalized spacial score (nSPS) is 18.3. The summed E-state index contributed by atoms with van der Waals surface area (Å²) in [7, 11) is 1.85. The number of hydrogen-bond acceptors (Lipinski definition) is 6. The Morgan fingerprint density at radius 3 is 2.55 bits per heavy atom. The summed E-state index contributed by atoms with van der Waals surface area (Å²) in [6.07, 6.45) is 1.92. The smallest absolute Gasteiger partial charge is 0.179 e. The topological polar surface area (TPSA) is 49.9 Å². The van der Waals surface area contributed by atoms with Gasteiger partial charge >= 0.3 is 0 Å². The monoisotopic (exact) mass is 526 g/mol. The molecule has 1 saturated heterocycles. The molecule has 1 fully saturated rings. The number of benzene rings is 2. The van der Waals surface area contributed by atoms with Crippen molar-refractivity contribution in [2.45, 2.75) is 51.8 Å². The van der Waals surface area contributed by atoms with Crippen LogP contribution in [0.1, 0.15) is 34.1 Å². The summed E-state index contributed by atoms with van der Waals surface area (Å²) in [6.45, 7) is 9.68. The lowest BCUT2D eigenvalue weighted by Gasteiger charge is -2.43. The van der Waals surface area contributed by atoms with E-state index in [4.69, 9.17) is 9.47 Å². The number of halogens is 3. The number of pyridine rings is 1. The van der Waals surface area contributed by atoms with Crippen LogP contribution in [0, 0.1) is 17.5 Å². The van der Waals surface area contributed by atoms with Crippen molar-refractivity contribution in [2.75, 3.05) is 41.9 Å². The quantitative estimate of drug-likeness (QED) is 0.395. The molecule has 2 aliphatic rings. The van der Waals surface area contributed by atoms with Crippen LogP contribution in [0.2, 0.25) is 0 Å². The lowest BCUT2D eigenvalue weighted by molar-refractivity contribution is 0.0967. The Kier molecular flexibility index (Phi) is 6.90. The molecule has 3 aromatic rings. The standard InChI is InChI=1S/C29H33F3N4O2/c1-17(2)36-16-29(3,4)38-28-23(31)10-18(11-26(28)36)21-13-27(33-14-24(21)32)34-19-6-7-25(22(30)12-19)35(5)20-8-9-37-15-20/h6-7,10-14,17,20H,8-9,15-16H2,1-5H3,(H,33,34). The van der Waals surface area contributed by atoms with Crippen molar-refractivity contribution in [3.63, 3.8) is 0 Å². The molecule has 2 aliphatic heterocycles. The second kappa shape index (κ2) is 10.0. The molecule has 0 bridgehead atoms. The fourth-order valence-electron chi connectivity index (χ4n) is 5.08. The van der Waals surface area contributed by atoms with Gasteiger partial charge in [-0.25, -0.2) is 18.2 Å². The van der Waals surface area contributed by atoms with Crippen LogP contribution >= 0.6 is 0 Å². The number of ether oxygens (including phenoxy) is 2. The Morgan fingerprint density at radius 1 is 1.08 bits per heavy atom. The molecule has 5 rings (SSSR count). The van der Waals surface area contributed by atoms with Gasteiger partial charge in [-0.2, -0.15) is 0 Å². The van der Waals surface area contributed by atoms with Gasteiger partial charge in [0.2, 0.25) is 0 Å². The number of hydrogen-bond donors (Lipinski definition) is 1. The van der Waals surface area contributed by atoms with Gasteiger partial charge in [-0.15, -0.1) is 0 Å². The molecule has 2 aromatic carbocycles. The Morgan fingerprint density at radius 2 is 1.87 bits per heavy atom. The largest absolute Gasteiger partial charge is 0.481 e. The number of anilines is 4. The molecule has 3 heterocycles. The van der Waals surface area contributed by atoms with Crippen LogP contribution in [-0.4, -0.2) is 49.5 Å². The summed E-state index contributed by atoms with van der Waals surface area (Å²) in [5.74, 6) is -1.07. The summed E-state index contributed by atoms with van der Waals surface area (Å²) >= 11 is 0. The van der Waals surface area contributed by atoms with Crippen LogP contribution in [0.4, 0.5) is 36.1 Å². The number of rotatable bonds is 6. The molecule has 9 heteroatoms. The third-order valence-electron chi connectivity index (χ3n) is 7.11. The maximum Gasteiger partial charge on any atom is 0.179 e. The number of aromatic nitrogens is 1. The van der Waals surface area contributed by atoms with Gasteiger partial charge in [0.1, 0.15) is 23.1 Å². The number of nitrogens with one attached hydrogen (secondary N) is 1. The lowest BCUT2D eigenvalue weighted by atomic mass is 9.99. The van der Waals surface area contributed by atoms with Crippen molar-refractivity contribution in [1.82, 2.24) is 4.98 Å². The fraction of sp³-hybridized carbons (Fsp3) is 0.414. The van der Waals surface area contributed by atoms with Crippen LogP contribution in [0.3, 0.4) is 0 Å². The molecule has 0 amide bonds. The number of likely N-dealkylation sites (N-methyl/N-ethyl adjacent to an activating group) is 1. The lowest BCUT2D eigenvalue weighted by Crippen LogP contribution is -2.49. The van der Waals surface area contributed by atoms with Crippen molar-refractivity contribution in [1.29, 1.82) is 0 Å². The van der Waals surface area contributed by atoms with E-state index in [9.17, 15) is 8.78 Å². The van der Waals surface area contributed by atoms with Gasteiger partial charge in [-0.05, 0) is 76.1 Å². The molecule has 0 aliphatic carbocycles. The molecule has 1 unspecified atom stereocenters. The third-order valence-corrected chi connectivity index (χ3v) is 7.11. The highest BCUT2D eigenvalue weighted by atomic mass is 19.1. The summed E-state index contributed by atoms with van der Waals surface area (Å²) in [4.78, 5) is 8.06. The second-order valence-corrected chi connectivity index (χ2v) is 10.9. The van der Waals surface area contributed by atoms with Crippen molar-refractivity contribution in [2.24, 2.45) is 0 Å². The first-order chi connectivity index (χ1) is 18.0. The zero-order valence-corrected chi connectivity index (χ0v) is 22.3. The SMILES string of the molecule is CC(C)N1CC(C)(C)Oc2c(F)cc(-c3cc(Nc4ccc(N(C)C5CCOC5)c(F)c4)ncc3F)cc21. The summed E-state index contributed by atoms with van der Waals surface area (Å²) in [5, 5.41) is 3.04. The van der Waals surface area contributed by atoms with E-state index >= 15 is 4.39 Å². The van der Waals surface area contributed by atoms with Crippen LogP contribution in [0.15, 0.2) is 42.6 Å². The molecule has 0 radical (unpaired) electrons. The van der Waals surface area contributed by atoms with E-state index in [1.54, 1.807) is 18.2 Å². The van der Waals surface area contributed by atoms with Gasteiger partial charge in [0, 0.05) is 30.9 Å². The van der Waals surface area contributed by atoms with Gasteiger partial charge in [0.15, 0.2) is 11.6 Å². The highest BCUT2D eigenvalue weighted by Gasteiger charge is 2.35. The van der Waals surface area contributed by atoms with Gasteiger partial charge in [0.25, 0.3) is 0 Å². The molecule has 1 N–H and O–H groups in total. The van der Waals surface area contributed by atoms with Crippen molar-refractivity contribution >= 4 is 22.9 Å². The molecule has 0 spiro atoms. The Hall–Kier alpha value is -3.46. The van der Waals surface area contributed by atoms with E-state index in [1.165, 1.54) is 18.2 Å². The average molecular weight is 527 g/mol. The van der Waals surface area contributed by atoms with Crippen molar-refractivity contribution in [3.05, 3.63) is 60.0 Å². The molecule has 202 valence electrons. The molecule has 38 heavy (non-hydrogen) atoms. The second-order valence-electron chi connectivity index (χ2n) is 10.9. The fourth-order valence-corrected chi connectivity index (χ4v) is 5.08. The summed E-state index contributed by atoms with van der Waals surface area (Å²) in [6, 6.07) is 9.55. The summed E-state index contributed by atoms with van der Waals surface area (Å²) in [5.41, 5.74) is 1.49. The van der Waals surface area contributed by atoms with Crippen molar-refractivity contribution < 1.29 is 22.6 Å². The molecule has 6 nitrogen and oxygen atoms in total. The van der Waals surface area contributed by atoms with Crippen LogP contribution < -0.4 is 19.9 Å². The zero-order valence-electron chi connectivity index (χ0n) is 22.3. The third kappa shape index (κ3) is 5.12. The van der Waals surface area contributed by atoms with Crippen LogP contribution in [0.5, 0.6) is 5.75 Å². The first-order valence-corrected chi connectivity index (χ1v) is 12.8. The Labute approximate surface area is 221 Å². The van der Waals surface area contributed by atoms with E-state index in [1.807, 2.05) is 39.6 Å². The Bertz CT molecular complexity index is 1340. The van der Waals surface area contributed by atoms with E-state index < -0.39 is 17.2 Å². The van der Waals surface area contributed by atoms with Crippen LogP contribution in [0.25, 0.3) is 11.1 Å². The molecular weight excluding hydrogens is 493 g/mol. The maximum atomic E-state index is 15.3.